The summed E-state index contributed by atoms with van der Waals surface area (Å²) in [7, 11) is 0. The molecule has 178 valence electrons. The zero-order valence-electron chi connectivity index (χ0n) is 19.1. The fourth-order valence-electron chi connectivity index (χ4n) is 3.28. The van der Waals surface area contributed by atoms with Crippen molar-refractivity contribution in [1.82, 2.24) is 4.98 Å². The molecule has 9 heteroatoms. The molecule has 0 saturated heterocycles. The number of carbonyl (C=O) groups is 1. The predicted molar refractivity (Wildman–Crippen MR) is 133 cm³/mol. The van der Waals surface area contributed by atoms with Crippen LogP contribution in [-0.2, 0) is 16.8 Å². The van der Waals surface area contributed by atoms with Gasteiger partial charge in [-0.1, -0.05) is 37.6 Å². The number of carbonyl (C=O) groups excluding carboxylic acids is 1. The Bertz CT molecular complexity index is 1190. The molecule has 1 heterocycles. The Morgan fingerprint density at radius 2 is 1.91 bits per heavy atom. The first-order chi connectivity index (χ1) is 16.3. The molecule has 0 saturated carbocycles. The minimum Gasteiger partial charge on any atom is -0.489 e. The van der Waals surface area contributed by atoms with E-state index < -0.39 is 11.4 Å². The molecule has 0 bridgehead atoms. The van der Waals surface area contributed by atoms with Crippen LogP contribution in [0.5, 0.6) is 11.5 Å². The van der Waals surface area contributed by atoms with E-state index in [0.717, 1.165) is 11.1 Å². The lowest BCUT2D eigenvalue weighted by Gasteiger charge is -2.27. The highest BCUT2D eigenvalue weighted by molar-refractivity contribution is 7.09. The van der Waals surface area contributed by atoms with E-state index in [1.807, 2.05) is 30.3 Å². The van der Waals surface area contributed by atoms with Gasteiger partial charge in [0.1, 0.15) is 30.0 Å². The summed E-state index contributed by atoms with van der Waals surface area (Å²) in [6.07, 6.45) is 0. The van der Waals surface area contributed by atoms with Crippen LogP contribution in [0.15, 0.2) is 41.8 Å². The third-order valence-corrected chi connectivity index (χ3v) is 6.44. The van der Waals surface area contributed by atoms with E-state index in [2.05, 4.69) is 24.9 Å². The standard InChI is InChI=1S/C25H24Cl2N2O4S/c1-4-31-24(30)21-15-34-22(29-21)14-33-19-7-5-17(6-8-19)25(2,3)18-11-16(13-28)23(20(27)12-18)32-10-9-26/h5-8,11-12,15H,4,9-10,14H2,1-3H3. The van der Waals surface area contributed by atoms with E-state index in [9.17, 15) is 10.1 Å². The summed E-state index contributed by atoms with van der Waals surface area (Å²) >= 11 is 13.5. The number of halogens is 2. The third-order valence-electron chi connectivity index (χ3n) is 5.18. The Hall–Kier alpha value is -2.79. The molecule has 0 unspecified atom stereocenters. The molecule has 6 nitrogen and oxygen atoms in total. The van der Waals surface area contributed by atoms with Gasteiger partial charge in [-0.2, -0.15) is 5.26 Å². The second-order valence-corrected chi connectivity index (χ2v) is 9.50. The van der Waals surface area contributed by atoms with Crippen molar-refractivity contribution in [3.63, 3.8) is 0 Å². The molecule has 0 fully saturated rings. The first-order valence-electron chi connectivity index (χ1n) is 10.6. The molecular weight excluding hydrogens is 495 g/mol. The summed E-state index contributed by atoms with van der Waals surface area (Å²) in [5.74, 6) is 0.891. The highest BCUT2D eigenvalue weighted by Gasteiger charge is 2.26. The number of esters is 1. The summed E-state index contributed by atoms with van der Waals surface area (Å²) in [4.78, 5) is 16.0. The first-order valence-corrected chi connectivity index (χ1v) is 12.4. The fourth-order valence-corrected chi connectivity index (χ4v) is 4.31. The van der Waals surface area contributed by atoms with Gasteiger partial charge >= 0.3 is 5.97 Å². The van der Waals surface area contributed by atoms with Gasteiger partial charge in [0.2, 0.25) is 0 Å². The summed E-state index contributed by atoms with van der Waals surface area (Å²) in [5, 5.41) is 12.3. The number of benzene rings is 2. The average Bonchev–Trinajstić information content (AvgIpc) is 3.31. The van der Waals surface area contributed by atoms with Crippen LogP contribution in [0.3, 0.4) is 0 Å². The molecule has 0 aliphatic heterocycles. The monoisotopic (exact) mass is 518 g/mol. The van der Waals surface area contributed by atoms with Crippen LogP contribution in [0.25, 0.3) is 0 Å². The highest BCUT2D eigenvalue weighted by atomic mass is 35.5. The number of nitriles is 1. The van der Waals surface area contributed by atoms with Crippen LogP contribution >= 0.6 is 34.5 Å². The van der Waals surface area contributed by atoms with Gasteiger partial charge in [-0.3, -0.25) is 0 Å². The number of rotatable bonds is 10. The average molecular weight is 519 g/mol. The van der Waals surface area contributed by atoms with Gasteiger partial charge in [0, 0.05) is 10.8 Å². The van der Waals surface area contributed by atoms with Gasteiger partial charge < -0.3 is 14.2 Å². The summed E-state index contributed by atoms with van der Waals surface area (Å²) in [6.45, 7) is 6.69. The normalized spacial score (nSPS) is 11.1. The minimum absolute atomic E-state index is 0.248. The van der Waals surface area contributed by atoms with Crippen LogP contribution in [0, 0.1) is 11.3 Å². The van der Waals surface area contributed by atoms with E-state index in [1.165, 1.54) is 11.3 Å². The number of aromatic nitrogens is 1. The number of alkyl halides is 1. The molecule has 1 aromatic heterocycles. The van der Waals surface area contributed by atoms with Gasteiger partial charge in [0.25, 0.3) is 0 Å². The van der Waals surface area contributed by atoms with E-state index >= 15 is 0 Å². The van der Waals surface area contributed by atoms with Crippen molar-refractivity contribution in [3.8, 4) is 17.6 Å². The lowest BCUT2D eigenvalue weighted by Crippen LogP contribution is -2.19. The van der Waals surface area contributed by atoms with Crippen molar-refractivity contribution < 1.29 is 19.0 Å². The quantitative estimate of drug-likeness (QED) is 0.229. The molecule has 3 aromatic rings. The van der Waals surface area contributed by atoms with Gasteiger partial charge in [-0.05, 0) is 42.3 Å². The van der Waals surface area contributed by atoms with Crippen molar-refractivity contribution in [3.05, 3.63) is 74.2 Å². The molecule has 34 heavy (non-hydrogen) atoms. The SMILES string of the molecule is CCOC(=O)c1csc(COc2ccc(C(C)(C)c3cc(Cl)c(OCCCl)c(C#N)c3)cc2)n1. The zero-order chi connectivity index (χ0) is 24.7. The molecule has 2 aromatic carbocycles. The number of nitrogens with zero attached hydrogens (tertiary/aromatic N) is 2. The number of ether oxygens (including phenoxy) is 3. The maximum Gasteiger partial charge on any atom is 0.357 e. The Kier molecular flexibility index (Phi) is 8.78. The molecular formula is C25H24Cl2N2O4S. The van der Waals surface area contributed by atoms with Crippen molar-refractivity contribution in [1.29, 1.82) is 5.26 Å². The van der Waals surface area contributed by atoms with E-state index in [-0.39, 0.29) is 18.9 Å². The Morgan fingerprint density at radius 1 is 1.18 bits per heavy atom. The van der Waals surface area contributed by atoms with Crippen LogP contribution in [0.2, 0.25) is 5.02 Å². The Labute approximate surface area is 213 Å². The van der Waals surface area contributed by atoms with Gasteiger partial charge in [-0.25, -0.2) is 9.78 Å². The minimum atomic E-state index is -0.435. The van der Waals surface area contributed by atoms with Gasteiger partial charge in [0.05, 0.1) is 23.1 Å². The summed E-state index contributed by atoms with van der Waals surface area (Å²) < 4.78 is 16.3. The number of thiazole rings is 1. The van der Waals surface area contributed by atoms with Crippen molar-refractivity contribution in [2.75, 3.05) is 19.1 Å². The van der Waals surface area contributed by atoms with Crippen LogP contribution in [0.1, 0.15) is 53.0 Å². The third kappa shape index (κ3) is 6.01. The Morgan fingerprint density at radius 3 is 2.56 bits per heavy atom. The molecule has 0 radical (unpaired) electrons. The van der Waals surface area contributed by atoms with E-state index in [4.69, 9.17) is 37.4 Å². The second kappa shape index (κ2) is 11.6. The van der Waals surface area contributed by atoms with Gasteiger partial charge in [-0.15, -0.1) is 22.9 Å². The molecule has 0 spiro atoms. The maximum atomic E-state index is 11.7. The molecule has 0 aliphatic carbocycles. The van der Waals surface area contributed by atoms with Gasteiger partial charge in [0.15, 0.2) is 11.4 Å². The Balaban J connectivity index is 1.73. The molecule has 0 aliphatic rings. The molecule has 0 N–H and O–H groups in total. The first kappa shape index (κ1) is 25.8. The highest BCUT2D eigenvalue weighted by Crippen LogP contribution is 2.38. The van der Waals surface area contributed by atoms with Crippen molar-refractivity contribution in [2.45, 2.75) is 32.8 Å². The summed E-state index contributed by atoms with van der Waals surface area (Å²) in [6, 6.07) is 13.5. The smallest absolute Gasteiger partial charge is 0.357 e. The number of hydrogen-bond donors (Lipinski definition) is 0. The molecule has 3 rings (SSSR count). The van der Waals surface area contributed by atoms with Crippen molar-refractivity contribution >= 4 is 40.5 Å². The molecule has 0 atom stereocenters. The lowest BCUT2D eigenvalue weighted by molar-refractivity contribution is 0.0520. The molecule has 0 amide bonds. The predicted octanol–water partition coefficient (Wildman–Crippen LogP) is 6.37. The maximum absolute atomic E-state index is 11.7. The number of hydrogen-bond acceptors (Lipinski definition) is 7. The van der Waals surface area contributed by atoms with Crippen LogP contribution in [0.4, 0.5) is 0 Å². The van der Waals surface area contributed by atoms with Crippen LogP contribution in [-0.4, -0.2) is 30.0 Å². The zero-order valence-corrected chi connectivity index (χ0v) is 21.4. The van der Waals surface area contributed by atoms with Crippen LogP contribution < -0.4 is 9.47 Å². The van der Waals surface area contributed by atoms with E-state index in [0.29, 0.717) is 39.6 Å². The van der Waals surface area contributed by atoms with Crippen molar-refractivity contribution in [2.24, 2.45) is 0 Å². The lowest BCUT2D eigenvalue weighted by atomic mass is 9.77. The fraction of sp³-hybridized carbons (Fsp3) is 0.320. The topological polar surface area (TPSA) is 81.4 Å². The van der Waals surface area contributed by atoms with E-state index in [1.54, 1.807) is 18.4 Å². The summed E-state index contributed by atoms with van der Waals surface area (Å²) in [5.41, 5.74) is 2.13. The second-order valence-electron chi connectivity index (χ2n) is 7.77. The largest absolute Gasteiger partial charge is 0.489 e.